The number of likely N-dealkylation sites (tertiary alicyclic amines) is 1. The minimum Gasteiger partial charge on any atom is -0.488 e. The van der Waals surface area contributed by atoms with Crippen molar-refractivity contribution in [1.82, 2.24) is 30.5 Å². The number of hydrogen-bond donors (Lipinski definition) is 2. The van der Waals surface area contributed by atoms with Gasteiger partial charge in [-0.25, -0.2) is 9.97 Å². The molecule has 2 N–H and O–H groups in total. The van der Waals surface area contributed by atoms with Crippen LogP contribution in [0.15, 0.2) is 104 Å². The van der Waals surface area contributed by atoms with Crippen LogP contribution >= 0.6 is 0 Å². The van der Waals surface area contributed by atoms with Crippen molar-refractivity contribution in [2.24, 2.45) is 0 Å². The maximum atomic E-state index is 14.1. The first-order chi connectivity index (χ1) is 23.9. The molecule has 1 fully saturated rings. The molecule has 2 aromatic heterocycles. The highest BCUT2D eigenvalue weighted by Gasteiger charge is 2.35. The smallest absolute Gasteiger partial charge is 0.258 e. The zero-order valence-electron chi connectivity index (χ0n) is 26.8. The van der Waals surface area contributed by atoms with Gasteiger partial charge >= 0.3 is 0 Å². The first-order valence-electron chi connectivity index (χ1n) is 16.1. The molecule has 5 heterocycles. The third-order valence-corrected chi connectivity index (χ3v) is 8.58. The van der Waals surface area contributed by atoms with Gasteiger partial charge in [-0.1, -0.05) is 54.6 Å². The average Bonchev–Trinajstić information content (AvgIpc) is 3.14. The molecular formula is C38H34N6O5. The molecule has 11 heteroatoms. The second-order valence-corrected chi connectivity index (χ2v) is 12.0. The number of piperidine rings is 1. The van der Waals surface area contributed by atoms with Crippen LogP contribution in [-0.2, 0) is 11.3 Å². The van der Waals surface area contributed by atoms with Gasteiger partial charge in [0.05, 0.1) is 22.9 Å². The van der Waals surface area contributed by atoms with Crippen LogP contribution in [0, 0.1) is 6.92 Å². The van der Waals surface area contributed by atoms with Crippen molar-refractivity contribution in [2.45, 2.75) is 32.0 Å². The number of hydrogen-bond acceptors (Lipinski definition) is 8. The third-order valence-electron chi connectivity index (χ3n) is 8.58. The van der Waals surface area contributed by atoms with Gasteiger partial charge in [0.15, 0.2) is 6.61 Å². The number of pyridine rings is 1. The number of aromatic nitrogens is 3. The highest BCUT2D eigenvalue weighted by atomic mass is 16.5. The van der Waals surface area contributed by atoms with Crippen molar-refractivity contribution in [3.05, 3.63) is 126 Å². The van der Waals surface area contributed by atoms with E-state index in [1.807, 2.05) is 66.7 Å². The number of carbonyl (C=O) groups is 3. The van der Waals surface area contributed by atoms with Gasteiger partial charge in [0.1, 0.15) is 23.4 Å². The van der Waals surface area contributed by atoms with Crippen molar-refractivity contribution in [3.8, 4) is 33.9 Å². The fraction of sp³-hybridized carbons (Fsp3) is 0.211. The number of benzene rings is 3. The van der Waals surface area contributed by atoms with Gasteiger partial charge in [-0.15, -0.1) is 0 Å². The topological polar surface area (TPSA) is 136 Å². The number of fused-ring (bicyclic) bond motifs is 7. The van der Waals surface area contributed by atoms with E-state index in [1.54, 1.807) is 42.4 Å². The number of nitrogens with one attached hydrogen (secondary N) is 2. The molecule has 0 spiro atoms. The number of amides is 3. The number of rotatable bonds is 2. The molecule has 6 bridgehead atoms. The van der Waals surface area contributed by atoms with E-state index < -0.39 is 12.1 Å². The molecule has 49 heavy (non-hydrogen) atoms. The van der Waals surface area contributed by atoms with E-state index in [1.165, 1.54) is 6.20 Å². The van der Waals surface area contributed by atoms with Gasteiger partial charge in [-0.05, 0) is 48.4 Å². The van der Waals surface area contributed by atoms with Gasteiger partial charge < -0.3 is 25.0 Å². The summed E-state index contributed by atoms with van der Waals surface area (Å²) in [5.74, 6) is 0.862. The summed E-state index contributed by atoms with van der Waals surface area (Å²) in [7, 11) is 0. The van der Waals surface area contributed by atoms with E-state index in [0.29, 0.717) is 59.2 Å². The van der Waals surface area contributed by atoms with Crippen molar-refractivity contribution >= 4 is 17.7 Å². The summed E-state index contributed by atoms with van der Waals surface area (Å²) in [6, 6.07) is 25.5. The number of ether oxygens (including phenoxy) is 2. The lowest BCUT2D eigenvalue weighted by Crippen LogP contribution is -2.58. The lowest BCUT2D eigenvalue weighted by atomic mass is 9.99. The first-order valence-corrected chi connectivity index (χ1v) is 16.1. The summed E-state index contributed by atoms with van der Waals surface area (Å²) in [4.78, 5) is 55.4. The molecule has 0 aliphatic carbocycles. The summed E-state index contributed by atoms with van der Waals surface area (Å²) < 4.78 is 12.2. The summed E-state index contributed by atoms with van der Waals surface area (Å²) in [6.45, 7) is 2.58. The molecule has 0 unspecified atom stereocenters. The quantitative estimate of drug-likeness (QED) is 0.282. The van der Waals surface area contributed by atoms with Crippen molar-refractivity contribution in [1.29, 1.82) is 0 Å². The molecule has 0 saturated carbocycles. The van der Waals surface area contributed by atoms with Gasteiger partial charge in [0.2, 0.25) is 0 Å². The SMILES string of the molecule is Cc1ncc(C(=O)N2CC[C@@H]3Oc4ccc(cc4)CNC(=O)COc4cccc(c4)-c4cncc(c4)C(=O)N[C@@H]3C2)c(-c2ccccc2)n1. The Morgan fingerprint density at radius 1 is 0.857 bits per heavy atom. The van der Waals surface area contributed by atoms with Gasteiger partial charge in [-0.2, -0.15) is 0 Å². The minimum atomic E-state index is -0.554. The monoisotopic (exact) mass is 654 g/mol. The standard InChI is InChI=1S/C38H34N6O5/c1-24-40-21-32(36(42-24)26-6-3-2-4-7-26)38(47)44-15-14-34-33(22-44)43-37(46)29-16-28(19-39-20-29)27-8-5-9-31(17-27)48-23-35(45)41-18-25-10-12-30(49-34)13-11-25/h2-13,16-17,19-21,33-34H,14-15,18,22-23H2,1H3,(H,41,45)(H,43,46)/t33-,34+/m1/s1. The predicted molar refractivity (Wildman–Crippen MR) is 182 cm³/mol. The molecule has 1 saturated heterocycles. The van der Waals surface area contributed by atoms with E-state index in [0.717, 1.165) is 16.7 Å². The fourth-order valence-electron chi connectivity index (χ4n) is 6.01. The number of nitrogens with zero attached hydrogens (tertiary/aromatic N) is 4. The molecule has 0 radical (unpaired) electrons. The van der Waals surface area contributed by atoms with Crippen LogP contribution < -0.4 is 20.1 Å². The maximum Gasteiger partial charge on any atom is 0.258 e. The van der Waals surface area contributed by atoms with E-state index in [2.05, 4.69) is 25.6 Å². The predicted octanol–water partition coefficient (Wildman–Crippen LogP) is 4.61. The van der Waals surface area contributed by atoms with Crippen molar-refractivity contribution < 1.29 is 23.9 Å². The Hall–Kier alpha value is -6.10. The van der Waals surface area contributed by atoms with Crippen LogP contribution in [0.2, 0.25) is 0 Å². The summed E-state index contributed by atoms with van der Waals surface area (Å²) >= 11 is 0. The largest absolute Gasteiger partial charge is 0.488 e. The number of carbonyl (C=O) groups excluding carboxylic acids is 3. The lowest BCUT2D eigenvalue weighted by molar-refractivity contribution is -0.123. The van der Waals surface area contributed by atoms with Crippen molar-refractivity contribution in [2.75, 3.05) is 19.7 Å². The van der Waals surface area contributed by atoms with Crippen molar-refractivity contribution in [3.63, 3.8) is 0 Å². The first kappa shape index (κ1) is 31.5. The second kappa shape index (κ2) is 13.9. The summed E-state index contributed by atoms with van der Waals surface area (Å²) in [5.41, 5.74) is 4.49. The molecular weight excluding hydrogens is 620 g/mol. The Labute approximate surface area is 283 Å². The lowest BCUT2D eigenvalue weighted by Gasteiger charge is -2.39. The van der Waals surface area contributed by atoms with E-state index >= 15 is 0 Å². The van der Waals surface area contributed by atoms with Crippen LogP contribution in [0.1, 0.15) is 38.5 Å². The van der Waals surface area contributed by atoms with Crippen LogP contribution in [0.4, 0.5) is 0 Å². The molecule has 3 aromatic carbocycles. The second-order valence-electron chi connectivity index (χ2n) is 12.0. The van der Waals surface area contributed by atoms with E-state index in [-0.39, 0.29) is 30.9 Å². The Morgan fingerprint density at radius 2 is 1.65 bits per heavy atom. The molecule has 5 aromatic rings. The normalized spacial score (nSPS) is 17.9. The van der Waals surface area contributed by atoms with Crippen LogP contribution in [-0.4, -0.2) is 69.4 Å². The average molecular weight is 655 g/mol. The molecule has 3 aliphatic rings. The summed E-state index contributed by atoms with van der Waals surface area (Å²) in [5, 5.41) is 6.03. The Bertz CT molecular complexity index is 2000. The van der Waals surface area contributed by atoms with Crippen LogP contribution in [0.3, 0.4) is 0 Å². The third kappa shape index (κ3) is 7.25. The molecule has 8 rings (SSSR count). The fourth-order valence-corrected chi connectivity index (χ4v) is 6.01. The highest BCUT2D eigenvalue weighted by Crippen LogP contribution is 2.27. The molecule has 11 nitrogen and oxygen atoms in total. The zero-order valence-corrected chi connectivity index (χ0v) is 26.8. The Morgan fingerprint density at radius 3 is 2.49 bits per heavy atom. The van der Waals surface area contributed by atoms with Crippen LogP contribution in [0.5, 0.6) is 11.5 Å². The van der Waals surface area contributed by atoms with E-state index in [4.69, 9.17) is 9.47 Å². The van der Waals surface area contributed by atoms with E-state index in [9.17, 15) is 14.4 Å². The van der Waals surface area contributed by atoms with Crippen LogP contribution in [0.25, 0.3) is 22.4 Å². The van der Waals surface area contributed by atoms with Gasteiger partial charge in [-0.3, -0.25) is 19.4 Å². The Kier molecular flexibility index (Phi) is 8.96. The molecule has 3 aliphatic heterocycles. The van der Waals surface area contributed by atoms with Gasteiger partial charge in [0.25, 0.3) is 17.7 Å². The Balaban J connectivity index is 1.20. The molecule has 3 amide bonds. The zero-order chi connectivity index (χ0) is 33.7. The summed E-state index contributed by atoms with van der Waals surface area (Å²) in [6.07, 6.45) is 4.78. The highest BCUT2D eigenvalue weighted by molar-refractivity contribution is 6.00. The molecule has 2 atom stereocenters. The maximum absolute atomic E-state index is 14.1. The molecule has 246 valence electrons. The number of aryl methyl sites for hydroxylation is 1. The van der Waals surface area contributed by atoms with Gasteiger partial charge in [0, 0.05) is 55.8 Å². The minimum absolute atomic E-state index is 0.140.